The minimum atomic E-state index is -0.499. The Kier molecular flexibility index (Phi) is 5.97. The number of carbonyl (C=O) groups is 1. The van der Waals surface area contributed by atoms with Crippen molar-refractivity contribution in [3.05, 3.63) is 58.0 Å². The van der Waals surface area contributed by atoms with Crippen molar-refractivity contribution in [2.75, 3.05) is 26.2 Å². The van der Waals surface area contributed by atoms with Crippen molar-refractivity contribution in [3.63, 3.8) is 0 Å². The molecular weight excluding hydrogens is 390 g/mol. The zero-order valence-corrected chi connectivity index (χ0v) is 15.9. The van der Waals surface area contributed by atoms with Gasteiger partial charge in [-0.2, -0.15) is 0 Å². The molecule has 1 saturated heterocycles. The van der Waals surface area contributed by atoms with E-state index in [2.05, 4.69) is 0 Å². The van der Waals surface area contributed by atoms with Crippen molar-refractivity contribution in [1.29, 1.82) is 0 Å². The van der Waals surface area contributed by atoms with Crippen LogP contribution in [0.1, 0.15) is 16.1 Å². The highest BCUT2D eigenvalue weighted by Crippen LogP contribution is 2.28. The number of phenols is 1. The molecule has 0 aliphatic carbocycles. The van der Waals surface area contributed by atoms with E-state index in [9.17, 15) is 20.0 Å². The van der Waals surface area contributed by atoms with Crippen LogP contribution in [0, 0.1) is 10.1 Å². The number of nitrogens with zero attached hydrogens (tertiary/aromatic N) is 3. The standard InChI is InChI=1S/C17H17N3O5S2/c21-14-4-3-13(20(23)24)10-12(14)11-27-17(26)19-7-5-18(6-8-19)16(22)15-2-1-9-25-15/h1-4,9-10,21H,5-8,11H2. The van der Waals surface area contributed by atoms with Gasteiger partial charge in [-0.25, -0.2) is 0 Å². The molecule has 0 unspecified atom stereocenters. The highest BCUT2D eigenvalue weighted by molar-refractivity contribution is 8.22. The van der Waals surface area contributed by atoms with E-state index in [1.54, 1.807) is 17.0 Å². The second-order valence-corrected chi connectivity index (χ2v) is 7.49. The fraction of sp³-hybridized carbons (Fsp3) is 0.294. The number of non-ortho nitro benzene ring substituents is 1. The SMILES string of the molecule is O=C(c1ccco1)N1CCN(C(=S)SCc2cc([N+](=O)[O-])ccc2O)CC1. The van der Waals surface area contributed by atoms with Crippen LogP contribution in [0.2, 0.25) is 0 Å². The molecule has 0 saturated carbocycles. The maximum atomic E-state index is 12.3. The Morgan fingerprint density at radius 2 is 1.96 bits per heavy atom. The summed E-state index contributed by atoms with van der Waals surface area (Å²) in [6.07, 6.45) is 1.47. The van der Waals surface area contributed by atoms with E-state index in [1.807, 2.05) is 4.90 Å². The second-order valence-electron chi connectivity index (χ2n) is 5.88. The van der Waals surface area contributed by atoms with Crippen molar-refractivity contribution in [2.24, 2.45) is 0 Å². The van der Waals surface area contributed by atoms with Crippen molar-refractivity contribution < 1.29 is 19.2 Å². The van der Waals surface area contributed by atoms with E-state index in [4.69, 9.17) is 16.6 Å². The van der Waals surface area contributed by atoms with Crippen LogP contribution >= 0.6 is 24.0 Å². The van der Waals surface area contributed by atoms with Crippen molar-refractivity contribution in [1.82, 2.24) is 9.80 Å². The molecule has 1 N–H and O–H groups in total. The van der Waals surface area contributed by atoms with Crippen LogP contribution in [0.25, 0.3) is 0 Å². The first-order chi connectivity index (χ1) is 13.0. The molecule has 2 heterocycles. The summed E-state index contributed by atoms with van der Waals surface area (Å²) >= 11 is 6.77. The first-order valence-electron chi connectivity index (χ1n) is 8.16. The van der Waals surface area contributed by atoms with E-state index in [1.165, 1.54) is 36.2 Å². The predicted molar refractivity (Wildman–Crippen MR) is 105 cm³/mol. The molecule has 142 valence electrons. The van der Waals surface area contributed by atoms with Gasteiger partial charge >= 0.3 is 0 Å². The third-order valence-electron chi connectivity index (χ3n) is 4.18. The number of nitro benzene ring substituents is 1. The van der Waals surface area contributed by atoms with Crippen molar-refractivity contribution in [2.45, 2.75) is 5.75 Å². The Labute approximate surface area is 164 Å². The van der Waals surface area contributed by atoms with Gasteiger partial charge in [0.1, 0.15) is 10.1 Å². The normalized spacial score (nSPS) is 14.2. The number of amides is 1. The average molecular weight is 407 g/mol. The minimum absolute atomic E-state index is 0.00441. The van der Waals surface area contributed by atoms with Crippen LogP contribution in [0.5, 0.6) is 5.75 Å². The van der Waals surface area contributed by atoms with Gasteiger partial charge in [-0.1, -0.05) is 24.0 Å². The molecule has 1 fully saturated rings. The lowest BCUT2D eigenvalue weighted by atomic mass is 10.2. The maximum absolute atomic E-state index is 12.3. The van der Waals surface area contributed by atoms with E-state index in [-0.39, 0.29) is 17.3 Å². The first-order valence-corrected chi connectivity index (χ1v) is 9.56. The van der Waals surface area contributed by atoms with Gasteiger partial charge < -0.3 is 19.3 Å². The Morgan fingerprint density at radius 3 is 2.59 bits per heavy atom. The van der Waals surface area contributed by atoms with Gasteiger partial charge in [0.15, 0.2) is 5.76 Å². The summed E-state index contributed by atoms with van der Waals surface area (Å²) in [4.78, 5) is 26.3. The van der Waals surface area contributed by atoms with Gasteiger partial charge in [-0.3, -0.25) is 14.9 Å². The molecule has 1 aromatic heterocycles. The lowest BCUT2D eigenvalue weighted by molar-refractivity contribution is -0.384. The van der Waals surface area contributed by atoms with Crippen LogP contribution in [0.4, 0.5) is 5.69 Å². The van der Waals surface area contributed by atoms with E-state index < -0.39 is 4.92 Å². The number of aromatic hydroxyl groups is 1. The van der Waals surface area contributed by atoms with Gasteiger partial charge in [0, 0.05) is 49.6 Å². The third-order valence-corrected chi connectivity index (χ3v) is 5.75. The highest BCUT2D eigenvalue weighted by Gasteiger charge is 2.25. The number of thioether (sulfide) groups is 1. The molecule has 1 aliphatic rings. The van der Waals surface area contributed by atoms with Crippen LogP contribution in [-0.2, 0) is 5.75 Å². The van der Waals surface area contributed by atoms with Crippen LogP contribution in [0.15, 0.2) is 41.0 Å². The second kappa shape index (κ2) is 8.40. The number of carbonyl (C=O) groups excluding carboxylic acids is 1. The molecule has 8 nitrogen and oxygen atoms in total. The lowest BCUT2D eigenvalue weighted by Crippen LogP contribution is -2.49. The lowest BCUT2D eigenvalue weighted by Gasteiger charge is -2.35. The molecule has 27 heavy (non-hydrogen) atoms. The number of thiocarbonyl (C=S) groups is 1. The Hall–Kier alpha value is -2.59. The van der Waals surface area contributed by atoms with Crippen LogP contribution < -0.4 is 0 Å². The first kappa shape index (κ1) is 19.2. The Bertz CT molecular complexity index is 848. The predicted octanol–water partition coefficient (Wildman–Crippen LogP) is 2.87. The highest BCUT2D eigenvalue weighted by atomic mass is 32.2. The summed E-state index contributed by atoms with van der Waals surface area (Å²) in [6.45, 7) is 2.25. The van der Waals surface area contributed by atoms with Gasteiger partial charge in [-0.05, 0) is 18.2 Å². The number of rotatable bonds is 4. The zero-order chi connectivity index (χ0) is 19.4. The smallest absolute Gasteiger partial charge is 0.289 e. The van der Waals surface area contributed by atoms with E-state index >= 15 is 0 Å². The van der Waals surface area contributed by atoms with Crippen molar-refractivity contribution in [3.8, 4) is 5.75 Å². The summed E-state index contributed by atoms with van der Waals surface area (Å²) < 4.78 is 5.77. The molecular formula is C17H17N3O5S2. The maximum Gasteiger partial charge on any atom is 0.289 e. The summed E-state index contributed by atoms with van der Waals surface area (Å²) in [6, 6.07) is 7.25. The van der Waals surface area contributed by atoms with Gasteiger partial charge in [0.25, 0.3) is 11.6 Å². The van der Waals surface area contributed by atoms with E-state index in [0.717, 1.165) is 0 Å². The van der Waals surface area contributed by atoms with Crippen LogP contribution in [0.3, 0.4) is 0 Å². The number of hydrogen-bond acceptors (Lipinski definition) is 7. The molecule has 0 radical (unpaired) electrons. The molecule has 0 spiro atoms. The monoisotopic (exact) mass is 407 g/mol. The third kappa shape index (κ3) is 4.58. The number of benzene rings is 1. The number of hydrogen-bond donors (Lipinski definition) is 1. The molecule has 1 aromatic carbocycles. The average Bonchev–Trinajstić information content (AvgIpc) is 3.21. The summed E-state index contributed by atoms with van der Waals surface area (Å²) in [5.41, 5.74) is 0.391. The zero-order valence-electron chi connectivity index (χ0n) is 14.2. The summed E-state index contributed by atoms with van der Waals surface area (Å²) in [5, 5.41) is 20.7. The number of nitro groups is 1. The van der Waals surface area contributed by atoms with E-state index in [0.29, 0.717) is 47.6 Å². The molecule has 2 aromatic rings. The van der Waals surface area contributed by atoms with Crippen LogP contribution in [-0.4, -0.2) is 56.2 Å². The number of phenolic OH excluding ortho intramolecular Hbond substituents is 1. The van der Waals surface area contributed by atoms with Crippen molar-refractivity contribution >= 4 is 39.9 Å². The fourth-order valence-corrected chi connectivity index (χ4v) is 3.91. The molecule has 0 atom stereocenters. The number of piperazine rings is 1. The molecule has 3 rings (SSSR count). The Balaban J connectivity index is 1.52. The summed E-state index contributed by atoms with van der Waals surface area (Å²) in [5.74, 6) is 0.517. The number of furan rings is 1. The Morgan fingerprint density at radius 1 is 1.26 bits per heavy atom. The summed E-state index contributed by atoms with van der Waals surface area (Å²) in [7, 11) is 0. The molecule has 0 bridgehead atoms. The minimum Gasteiger partial charge on any atom is -0.508 e. The van der Waals surface area contributed by atoms with Gasteiger partial charge in [0.05, 0.1) is 11.2 Å². The largest absolute Gasteiger partial charge is 0.508 e. The molecule has 10 heteroatoms. The fourth-order valence-electron chi connectivity index (χ4n) is 2.68. The quantitative estimate of drug-likeness (QED) is 0.469. The molecule has 1 aliphatic heterocycles. The molecule has 1 amide bonds. The van der Waals surface area contributed by atoms with Gasteiger partial charge in [0.2, 0.25) is 0 Å². The van der Waals surface area contributed by atoms with Gasteiger partial charge in [-0.15, -0.1) is 0 Å². The topological polar surface area (TPSA) is 100 Å².